The van der Waals surface area contributed by atoms with Crippen molar-refractivity contribution in [2.75, 3.05) is 6.61 Å². The third-order valence-corrected chi connectivity index (χ3v) is 1.93. The Morgan fingerprint density at radius 2 is 2.23 bits per heavy atom. The van der Waals surface area contributed by atoms with Crippen molar-refractivity contribution in [1.82, 2.24) is 0 Å². The summed E-state index contributed by atoms with van der Waals surface area (Å²) in [5.74, 6) is -0.368. The maximum Gasteiger partial charge on any atom is 0.339 e. The van der Waals surface area contributed by atoms with Crippen molar-refractivity contribution < 1.29 is 9.53 Å². The molecule has 0 aromatic heterocycles. The largest absolute Gasteiger partial charge is 0.462 e. The topological polar surface area (TPSA) is 26.3 Å². The first kappa shape index (κ1) is 10.1. The zero-order chi connectivity index (χ0) is 9.84. The number of hydrogen-bond acceptors (Lipinski definition) is 2. The molecule has 1 aromatic rings. The second-order valence-electron chi connectivity index (χ2n) is 2.70. The van der Waals surface area contributed by atoms with Crippen LogP contribution in [0, 0.1) is 6.92 Å². The molecule has 0 spiro atoms. The molecule has 0 N–H and O–H groups in total. The second kappa shape index (κ2) is 4.28. The molecule has 13 heavy (non-hydrogen) atoms. The molecular formula is C10H11ClO2. The van der Waals surface area contributed by atoms with E-state index in [4.69, 9.17) is 16.3 Å². The lowest BCUT2D eigenvalue weighted by Crippen LogP contribution is -2.05. The minimum absolute atomic E-state index is 0.364. The van der Waals surface area contributed by atoms with E-state index >= 15 is 0 Å². The minimum atomic E-state index is -0.368. The van der Waals surface area contributed by atoms with Crippen LogP contribution < -0.4 is 0 Å². The molecule has 0 aliphatic carbocycles. The van der Waals surface area contributed by atoms with E-state index in [-0.39, 0.29) is 5.97 Å². The van der Waals surface area contributed by atoms with Crippen molar-refractivity contribution in [3.63, 3.8) is 0 Å². The highest BCUT2D eigenvalue weighted by atomic mass is 35.5. The Morgan fingerprint density at radius 1 is 1.54 bits per heavy atom. The molecule has 0 amide bonds. The normalized spacial score (nSPS) is 9.77. The standard InChI is InChI=1S/C10H11ClO2/c1-3-13-10(12)8-5-4-7(2)6-9(8)11/h4-6H,3H2,1-2H3. The summed E-state index contributed by atoms with van der Waals surface area (Å²) in [5.41, 5.74) is 1.45. The van der Waals surface area contributed by atoms with Crippen LogP contribution in [0.3, 0.4) is 0 Å². The first-order chi connectivity index (χ1) is 6.15. The quantitative estimate of drug-likeness (QED) is 0.684. The van der Waals surface area contributed by atoms with Gasteiger partial charge >= 0.3 is 5.97 Å². The van der Waals surface area contributed by atoms with Gasteiger partial charge in [-0.2, -0.15) is 0 Å². The number of rotatable bonds is 2. The fourth-order valence-corrected chi connectivity index (χ4v) is 1.31. The summed E-state index contributed by atoms with van der Waals surface area (Å²) in [4.78, 5) is 11.3. The summed E-state index contributed by atoms with van der Waals surface area (Å²) >= 11 is 5.86. The third kappa shape index (κ3) is 2.46. The maximum atomic E-state index is 11.3. The van der Waals surface area contributed by atoms with E-state index in [0.29, 0.717) is 17.2 Å². The Morgan fingerprint density at radius 3 is 2.77 bits per heavy atom. The highest BCUT2D eigenvalue weighted by Crippen LogP contribution is 2.18. The first-order valence-corrected chi connectivity index (χ1v) is 4.46. The van der Waals surface area contributed by atoms with Crippen LogP contribution in [0.5, 0.6) is 0 Å². The van der Waals surface area contributed by atoms with E-state index in [9.17, 15) is 4.79 Å². The van der Waals surface area contributed by atoms with Gasteiger partial charge in [0.2, 0.25) is 0 Å². The molecule has 0 fully saturated rings. The van der Waals surface area contributed by atoms with Crippen molar-refractivity contribution >= 4 is 17.6 Å². The molecule has 0 atom stereocenters. The average molecular weight is 199 g/mol. The summed E-state index contributed by atoms with van der Waals surface area (Å²) in [7, 11) is 0. The van der Waals surface area contributed by atoms with Crippen molar-refractivity contribution in [2.45, 2.75) is 13.8 Å². The van der Waals surface area contributed by atoms with Crippen molar-refractivity contribution in [2.24, 2.45) is 0 Å². The Hall–Kier alpha value is -1.02. The van der Waals surface area contributed by atoms with Crippen molar-refractivity contribution in [1.29, 1.82) is 0 Å². The van der Waals surface area contributed by atoms with Gasteiger partial charge in [-0.25, -0.2) is 4.79 Å². The van der Waals surface area contributed by atoms with E-state index in [1.54, 1.807) is 19.1 Å². The van der Waals surface area contributed by atoms with Crippen molar-refractivity contribution in [3.05, 3.63) is 34.3 Å². The van der Waals surface area contributed by atoms with Crippen molar-refractivity contribution in [3.8, 4) is 0 Å². The van der Waals surface area contributed by atoms with Crippen LogP contribution in [-0.2, 0) is 4.74 Å². The molecule has 0 saturated heterocycles. The molecule has 0 saturated carbocycles. The van der Waals surface area contributed by atoms with Gasteiger partial charge in [-0.05, 0) is 31.5 Å². The monoisotopic (exact) mass is 198 g/mol. The predicted molar refractivity (Wildman–Crippen MR) is 52.1 cm³/mol. The molecule has 1 rings (SSSR count). The fourth-order valence-electron chi connectivity index (χ4n) is 0.995. The van der Waals surface area contributed by atoms with Gasteiger partial charge in [0.1, 0.15) is 0 Å². The van der Waals surface area contributed by atoms with Gasteiger partial charge in [0.15, 0.2) is 0 Å². The molecule has 0 bridgehead atoms. The zero-order valence-electron chi connectivity index (χ0n) is 7.63. The number of carbonyl (C=O) groups is 1. The Balaban J connectivity index is 2.95. The molecule has 0 heterocycles. The highest BCUT2D eigenvalue weighted by molar-refractivity contribution is 6.33. The lowest BCUT2D eigenvalue weighted by molar-refractivity contribution is 0.0526. The molecule has 3 heteroatoms. The van der Waals surface area contributed by atoms with Crippen LogP contribution in [0.25, 0.3) is 0 Å². The number of hydrogen-bond donors (Lipinski definition) is 0. The third-order valence-electron chi connectivity index (χ3n) is 1.62. The average Bonchev–Trinajstić information content (AvgIpc) is 2.04. The fraction of sp³-hybridized carbons (Fsp3) is 0.300. The van der Waals surface area contributed by atoms with E-state index in [0.717, 1.165) is 5.56 Å². The van der Waals surface area contributed by atoms with Gasteiger partial charge in [0.25, 0.3) is 0 Å². The molecule has 0 radical (unpaired) electrons. The van der Waals surface area contributed by atoms with Gasteiger partial charge < -0.3 is 4.74 Å². The van der Waals surface area contributed by atoms with Crippen LogP contribution in [0.2, 0.25) is 5.02 Å². The van der Waals surface area contributed by atoms with Crippen LogP contribution in [0.4, 0.5) is 0 Å². The smallest absolute Gasteiger partial charge is 0.339 e. The summed E-state index contributed by atoms with van der Waals surface area (Å²) in [5, 5.41) is 0.443. The second-order valence-corrected chi connectivity index (χ2v) is 3.11. The van der Waals surface area contributed by atoms with E-state index in [1.165, 1.54) is 0 Å². The first-order valence-electron chi connectivity index (χ1n) is 4.08. The molecule has 70 valence electrons. The number of esters is 1. The van der Waals surface area contributed by atoms with E-state index in [1.807, 2.05) is 13.0 Å². The molecule has 0 aliphatic rings. The summed E-state index contributed by atoms with van der Waals surface area (Å²) in [6, 6.07) is 5.25. The number of carbonyl (C=O) groups excluding carboxylic acids is 1. The zero-order valence-corrected chi connectivity index (χ0v) is 8.39. The van der Waals surface area contributed by atoms with Crippen LogP contribution in [0.15, 0.2) is 18.2 Å². The number of halogens is 1. The Labute approximate surface area is 82.5 Å². The summed E-state index contributed by atoms with van der Waals surface area (Å²) < 4.78 is 4.83. The van der Waals surface area contributed by atoms with Gasteiger partial charge in [-0.1, -0.05) is 17.7 Å². The van der Waals surface area contributed by atoms with Gasteiger partial charge in [0, 0.05) is 0 Å². The predicted octanol–water partition coefficient (Wildman–Crippen LogP) is 2.83. The number of aryl methyl sites for hydroxylation is 1. The molecule has 0 unspecified atom stereocenters. The Bertz CT molecular complexity index is 321. The number of ether oxygens (including phenoxy) is 1. The van der Waals surface area contributed by atoms with Crippen LogP contribution in [-0.4, -0.2) is 12.6 Å². The summed E-state index contributed by atoms with van der Waals surface area (Å²) in [6.07, 6.45) is 0. The van der Waals surface area contributed by atoms with E-state index < -0.39 is 0 Å². The Kier molecular flexibility index (Phi) is 3.32. The molecule has 1 aromatic carbocycles. The molecule has 0 aliphatic heterocycles. The lowest BCUT2D eigenvalue weighted by Gasteiger charge is -2.03. The van der Waals surface area contributed by atoms with Gasteiger partial charge in [-0.15, -0.1) is 0 Å². The SMILES string of the molecule is CCOC(=O)c1ccc(C)cc1Cl. The lowest BCUT2D eigenvalue weighted by atomic mass is 10.1. The van der Waals surface area contributed by atoms with E-state index in [2.05, 4.69) is 0 Å². The van der Waals surface area contributed by atoms with Gasteiger partial charge in [-0.3, -0.25) is 0 Å². The van der Waals surface area contributed by atoms with Crippen LogP contribution >= 0.6 is 11.6 Å². The summed E-state index contributed by atoms with van der Waals surface area (Å²) in [6.45, 7) is 4.05. The highest BCUT2D eigenvalue weighted by Gasteiger charge is 2.10. The minimum Gasteiger partial charge on any atom is -0.462 e. The molecular weight excluding hydrogens is 188 g/mol. The van der Waals surface area contributed by atoms with Gasteiger partial charge in [0.05, 0.1) is 17.2 Å². The maximum absolute atomic E-state index is 11.3. The molecule has 2 nitrogen and oxygen atoms in total. The van der Waals surface area contributed by atoms with Crippen LogP contribution in [0.1, 0.15) is 22.8 Å². The number of benzene rings is 1.